The molecule has 1 aromatic rings. The Labute approximate surface area is 108 Å². The molecule has 0 aliphatic carbocycles. The quantitative estimate of drug-likeness (QED) is 0.845. The van der Waals surface area contributed by atoms with Gasteiger partial charge in [0.1, 0.15) is 0 Å². The summed E-state index contributed by atoms with van der Waals surface area (Å²) in [7, 11) is -3.87. The van der Waals surface area contributed by atoms with Crippen molar-refractivity contribution in [3.8, 4) is 0 Å². The van der Waals surface area contributed by atoms with Gasteiger partial charge in [-0.2, -0.15) is 0 Å². The third-order valence-electron chi connectivity index (χ3n) is 2.26. The van der Waals surface area contributed by atoms with Gasteiger partial charge in [-0.3, -0.25) is 4.79 Å². The second kappa shape index (κ2) is 6.05. The van der Waals surface area contributed by atoms with Gasteiger partial charge in [0, 0.05) is 5.56 Å². The molecule has 8 heteroatoms. The van der Waals surface area contributed by atoms with Crippen LogP contribution in [0.2, 0.25) is 0 Å². The zero-order valence-corrected chi connectivity index (χ0v) is 10.9. The normalized spacial score (nSPS) is 11.4. The Morgan fingerprint density at radius 2 is 1.74 bits per heavy atom. The smallest absolute Gasteiger partial charge is 0.264 e. The molecule has 0 saturated carbocycles. The minimum Gasteiger partial charge on any atom is -0.268 e. The lowest BCUT2D eigenvalue weighted by Crippen LogP contribution is -2.32. The van der Waals surface area contributed by atoms with E-state index in [1.807, 2.05) is 0 Å². The molecule has 0 aliphatic heterocycles. The predicted octanol–water partition coefficient (Wildman–Crippen LogP) is 1.96. The van der Waals surface area contributed by atoms with Crippen LogP contribution in [-0.2, 0) is 10.0 Å². The van der Waals surface area contributed by atoms with Gasteiger partial charge in [0.15, 0.2) is 17.5 Å². The fourth-order valence-corrected chi connectivity index (χ4v) is 2.44. The van der Waals surface area contributed by atoms with E-state index in [1.165, 1.54) is 0 Å². The maximum absolute atomic E-state index is 12.9. The number of benzene rings is 1. The summed E-state index contributed by atoms with van der Waals surface area (Å²) in [6.45, 7) is 1.77. The van der Waals surface area contributed by atoms with E-state index in [-0.39, 0.29) is 5.75 Å². The maximum Gasteiger partial charge on any atom is 0.264 e. The Morgan fingerprint density at radius 1 is 1.21 bits per heavy atom. The van der Waals surface area contributed by atoms with Crippen LogP contribution in [0.3, 0.4) is 0 Å². The standard InChI is InChI=1S/C11H12F3NO3S/c1-2-3-4-19(17,18)15-11(16)7-5-8(12)10(14)9(13)6-7/h5-6H,2-4H2,1H3,(H,15,16). The van der Waals surface area contributed by atoms with Crippen LogP contribution in [-0.4, -0.2) is 20.1 Å². The van der Waals surface area contributed by atoms with Crippen molar-refractivity contribution >= 4 is 15.9 Å². The Hall–Kier alpha value is -1.57. The molecule has 0 bridgehead atoms. The van der Waals surface area contributed by atoms with Crippen molar-refractivity contribution < 1.29 is 26.4 Å². The molecule has 0 spiro atoms. The van der Waals surface area contributed by atoms with E-state index in [0.29, 0.717) is 25.0 Å². The highest BCUT2D eigenvalue weighted by Gasteiger charge is 2.19. The van der Waals surface area contributed by atoms with Crippen LogP contribution in [0.5, 0.6) is 0 Å². The first-order valence-corrected chi connectivity index (χ1v) is 7.11. The summed E-state index contributed by atoms with van der Waals surface area (Å²) in [5.41, 5.74) is -0.600. The summed E-state index contributed by atoms with van der Waals surface area (Å²) in [4.78, 5) is 11.5. The van der Waals surface area contributed by atoms with Crippen LogP contribution < -0.4 is 4.72 Å². The monoisotopic (exact) mass is 295 g/mol. The SMILES string of the molecule is CCCCS(=O)(=O)NC(=O)c1cc(F)c(F)c(F)c1. The molecule has 1 N–H and O–H groups in total. The van der Waals surface area contributed by atoms with E-state index >= 15 is 0 Å². The number of carbonyl (C=O) groups excluding carboxylic acids is 1. The van der Waals surface area contributed by atoms with Gasteiger partial charge >= 0.3 is 0 Å². The van der Waals surface area contributed by atoms with Gasteiger partial charge < -0.3 is 0 Å². The Balaban J connectivity index is 2.90. The number of hydrogen-bond donors (Lipinski definition) is 1. The van der Waals surface area contributed by atoms with E-state index in [0.717, 1.165) is 0 Å². The zero-order valence-electron chi connectivity index (χ0n) is 10.0. The van der Waals surface area contributed by atoms with Crippen molar-refractivity contribution in [3.05, 3.63) is 35.1 Å². The zero-order chi connectivity index (χ0) is 14.6. The van der Waals surface area contributed by atoms with Crippen LogP contribution in [0.4, 0.5) is 13.2 Å². The fraction of sp³-hybridized carbons (Fsp3) is 0.364. The van der Waals surface area contributed by atoms with Crippen molar-refractivity contribution in [1.82, 2.24) is 4.72 Å². The van der Waals surface area contributed by atoms with Gasteiger partial charge in [-0.15, -0.1) is 0 Å². The number of carbonyl (C=O) groups is 1. The van der Waals surface area contributed by atoms with Gasteiger partial charge in [-0.05, 0) is 18.6 Å². The van der Waals surface area contributed by atoms with Crippen LogP contribution >= 0.6 is 0 Å². The lowest BCUT2D eigenvalue weighted by Gasteiger charge is -2.07. The Bertz CT molecular complexity index is 564. The third kappa shape index (κ3) is 4.23. The van der Waals surface area contributed by atoms with Gasteiger partial charge in [-0.1, -0.05) is 13.3 Å². The van der Waals surface area contributed by atoms with E-state index in [9.17, 15) is 26.4 Å². The van der Waals surface area contributed by atoms with E-state index in [1.54, 1.807) is 11.6 Å². The molecule has 1 amide bonds. The number of halogens is 3. The molecule has 0 unspecified atom stereocenters. The lowest BCUT2D eigenvalue weighted by molar-refractivity contribution is 0.0980. The van der Waals surface area contributed by atoms with Crippen LogP contribution in [0.15, 0.2) is 12.1 Å². The van der Waals surface area contributed by atoms with Crippen molar-refractivity contribution in [2.45, 2.75) is 19.8 Å². The summed E-state index contributed by atoms with van der Waals surface area (Å²) in [5.74, 6) is -6.31. The van der Waals surface area contributed by atoms with Gasteiger partial charge in [-0.25, -0.2) is 26.3 Å². The predicted molar refractivity (Wildman–Crippen MR) is 62.5 cm³/mol. The van der Waals surface area contributed by atoms with E-state index in [4.69, 9.17) is 0 Å². The van der Waals surface area contributed by atoms with Gasteiger partial charge in [0.2, 0.25) is 10.0 Å². The maximum atomic E-state index is 12.9. The molecule has 0 atom stereocenters. The molecule has 0 fully saturated rings. The van der Waals surface area contributed by atoms with Crippen molar-refractivity contribution in [1.29, 1.82) is 0 Å². The van der Waals surface area contributed by atoms with E-state index < -0.39 is 38.9 Å². The largest absolute Gasteiger partial charge is 0.268 e. The third-order valence-corrected chi connectivity index (χ3v) is 3.58. The minimum absolute atomic E-state index is 0.276. The highest BCUT2D eigenvalue weighted by atomic mass is 32.2. The molecule has 106 valence electrons. The molecule has 4 nitrogen and oxygen atoms in total. The summed E-state index contributed by atoms with van der Waals surface area (Å²) in [6.07, 6.45) is 0.948. The number of amides is 1. The molecular formula is C11H12F3NO3S. The van der Waals surface area contributed by atoms with Gasteiger partial charge in [0.25, 0.3) is 5.91 Å². The van der Waals surface area contributed by atoms with E-state index in [2.05, 4.69) is 0 Å². The average molecular weight is 295 g/mol. The number of hydrogen-bond acceptors (Lipinski definition) is 3. The molecule has 0 heterocycles. The van der Waals surface area contributed by atoms with Gasteiger partial charge in [0.05, 0.1) is 5.75 Å². The summed E-state index contributed by atoms with van der Waals surface area (Å²) >= 11 is 0. The fourth-order valence-electron chi connectivity index (χ4n) is 1.27. The first kappa shape index (κ1) is 15.5. The summed E-state index contributed by atoms with van der Waals surface area (Å²) < 4.78 is 63.0. The number of nitrogens with one attached hydrogen (secondary N) is 1. The van der Waals surface area contributed by atoms with Crippen LogP contribution in [0, 0.1) is 17.5 Å². The second-order valence-corrected chi connectivity index (χ2v) is 5.70. The molecule has 1 aromatic carbocycles. The Morgan fingerprint density at radius 3 is 2.21 bits per heavy atom. The van der Waals surface area contributed by atoms with Crippen molar-refractivity contribution in [3.63, 3.8) is 0 Å². The molecule has 0 aromatic heterocycles. The molecule has 0 saturated heterocycles. The highest BCUT2D eigenvalue weighted by molar-refractivity contribution is 7.90. The highest BCUT2D eigenvalue weighted by Crippen LogP contribution is 2.13. The summed E-state index contributed by atoms with van der Waals surface area (Å²) in [5, 5.41) is 0. The minimum atomic E-state index is -3.87. The molecular weight excluding hydrogens is 283 g/mol. The number of rotatable bonds is 5. The molecule has 0 aliphatic rings. The van der Waals surface area contributed by atoms with Crippen molar-refractivity contribution in [2.24, 2.45) is 0 Å². The second-order valence-electron chi connectivity index (χ2n) is 3.86. The Kier molecular flexibility index (Phi) is 4.93. The topological polar surface area (TPSA) is 63.2 Å². The first-order chi connectivity index (χ1) is 8.76. The molecule has 19 heavy (non-hydrogen) atoms. The summed E-state index contributed by atoms with van der Waals surface area (Å²) in [6, 6.07) is 0.867. The molecule has 0 radical (unpaired) electrons. The average Bonchev–Trinajstić information content (AvgIpc) is 2.32. The lowest BCUT2D eigenvalue weighted by atomic mass is 10.2. The van der Waals surface area contributed by atoms with Crippen LogP contribution in [0.1, 0.15) is 30.1 Å². The number of sulfonamides is 1. The number of unbranched alkanes of at least 4 members (excludes halogenated alkanes) is 1. The van der Waals surface area contributed by atoms with Crippen molar-refractivity contribution in [2.75, 3.05) is 5.75 Å². The first-order valence-electron chi connectivity index (χ1n) is 5.46. The van der Waals surface area contributed by atoms with Crippen LogP contribution in [0.25, 0.3) is 0 Å². The molecule has 1 rings (SSSR count).